The maximum absolute atomic E-state index is 5.75. The number of ether oxygens (including phenoxy) is 2. The first-order chi connectivity index (χ1) is 7.24. The van der Waals surface area contributed by atoms with E-state index in [0.29, 0.717) is 0 Å². The lowest BCUT2D eigenvalue weighted by Gasteiger charge is -2.39. The molecule has 15 heavy (non-hydrogen) atoms. The van der Waals surface area contributed by atoms with E-state index in [9.17, 15) is 0 Å². The molecule has 0 aromatic heterocycles. The Labute approximate surface area is 89.6 Å². The smallest absolute Gasteiger partial charge is 0.145 e. The molecule has 0 saturated carbocycles. The number of anilines is 1. The molecule has 1 saturated heterocycles. The number of benzene rings is 1. The van der Waals surface area contributed by atoms with Crippen LogP contribution in [0, 0.1) is 0 Å². The van der Waals surface area contributed by atoms with Gasteiger partial charge in [0, 0.05) is 25.2 Å². The van der Waals surface area contributed by atoms with Crippen LogP contribution in [0.1, 0.15) is 0 Å². The Hall–Kier alpha value is -1.42. The second-order valence-electron chi connectivity index (χ2n) is 3.70. The van der Waals surface area contributed by atoms with E-state index in [1.54, 1.807) is 14.2 Å². The second-order valence-corrected chi connectivity index (χ2v) is 3.70. The van der Waals surface area contributed by atoms with Crippen LogP contribution >= 0.6 is 0 Å². The molecule has 1 aliphatic rings. The first-order valence-corrected chi connectivity index (χ1v) is 4.97. The van der Waals surface area contributed by atoms with Crippen molar-refractivity contribution >= 4 is 5.69 Å². The molecule has 0 aliphatic carbocycles. The van der Waals surface area contributed by atoms with Crippen molar-refractivity contribution in [2.75, 3.05) is 32.2 Å². The molecule has 0 spiro atoms. The fraction of sp³-hybridized carbons (Fsp3) is 0.455. The van der Waals surface area contributed by atoms with Gasteiger partial charge in [-0.1, -0.05) is 0 Å². The van der Waals surface area contributed by atoms with Crippen LogP contribution in [0.2, 0.25) is 0 Å². The molecule has 1 aromatic rings. The molecular formula is C11H16N2O2. The lowest BCUT2D eigenvalue weighted by Crippen LogP contribution is -2.55. The van der Waals surface area contributed by atoms with Gasteiger partial charge >= 0.3 is 0 Å². The van der Waals surface area contributed by atoms with Gasteiger partial charge in [-0.15, -0.1) is 0 Å². The molecular weight excluding hydrogens is 192 g/mol. The predicted octanol–water partition coefficient (Wildman–Crippen LogP) is 0.851. The molecule has 2 N–H and O–H groups in total. The summed E-state index contributed by atoms with van der Waals surface area (Å²) in [6.07, 6.45) is 0. The normalized spacial score (nSPS) is 16.1. The molecule has 1 aromatic carbocycles. The fourth-order valence-corrected chi connectivity index (χ4v) is 1.76. The molecule has 0 radical (unpaired) electrons. The second kappa shape index (κ2) is 3.98. The zero-order valence-corrected chi connectivity index (χ0v) is 9.06. The summed E-state index contributed by atoms with van der Waals surface area (Å²) in [7, 11) is 3.31. The van der Waals surface area contributed by atoms with Gasteiger partial charge in [-0.3, -0.25) is 0 Å². The highest BCUT2D eigenvalue weighted by Crippen LogP contribution is 2.34. The SMILES string of the molecule is COc1ccc(N2CC(N)C2)c(OC)c1. The van der Waals surface area contributed by atoms with Gasteiger partial charge in [0.15, 0.2) is 0 Å². The minimum atomic E-state index is 0.289. The summed E-state index contributed by atoms with van der Waals surface area (Å²) in [6, 6.07) is 6.11. The van der Waals surface area contributed by atoms with Crippen molar-refractivity contribution < 1.29 is 9.47 Å². The Kier molecular flexibility index (Phi) is 2.68. The third-order valence-electron chi connectivity index (χ3n) is 2.64. The van der Waals surface area contributed by atoms with Crippen molar-refractivity contribution in [1.82, 2.24) is 0 Å². The third kappa shape index (κ3) is 1.85. The molecule has 4 nitrogen and oxygen atoms in total. The Morgan fingerprint density at radius 1 is 1.27 bits per heavy atom. The summed E-state index contributed by atoms with van der Waals surface area (Å²) < 4.78 is 10.5. The zero-order valence-electron chi connectivity index (χ0n) is 9.06. The topological polar surface area (TPSA) is 47.7 Å². The lowest BCUT2D eigenvalue weighted by molar-refractivity contribution is 0.391. The summed E-state index contributed by atoms with van der Waals surface area (Å²) in [4.78, 5) is 2.20. The molecule has 4 heteroatoms. The van der Waals surface area contributed by atoms with Crippen molar-refractivity contribution in [1.29, 1.82) is 0 Å². The fourth-order valence-electron chi connectivity index (χ4n) is 1.76. The van der Waals surface area contributed by atoms with E-state index in [2.05, 4.69) is 4.90 Å². The van der Waals surface area contributed by atoms with Crippen molar-refractivity contribution in [3.8, 4) is 11.5 Å². The van der Waals surface area contributed by atoms with E-state index in [1.807, 2.05) is 18.2 Å². The van der Waals surface area contributed by atoms with Gasteiger partial charge in [-0.2, -0.15) is 0 Å². The molecule has 1 heterocycles. The average molecular weight is 208 g/mol. The first kappa shape index (κ1) is 10.1. The number of nitrogens with two attached hydrogens (primary N) is 1. The van der Waals surface area contributed by atoms with Gasteiger partial charge in [0.2, 0.25) is 0 Å². The van der Waals surface area contributed by atoms with Gasteiger partial charge in [-0.25, -0.2) is 0 Å². The lowest BCUT2D eigenvalue weighted by atomic mass is 10.1. The van der Waals surface area contributed by atoms with Crippen molar-refractivity contribution in [2.24, 2.45) is 5.73 Å². The minimum absolute atomic E-state index is 0.289. The number of hydrogen-bond acceptors (Lipinski definition) is 4. The molecule has 0 unspecified atom stereocenters. The van der Waals surface area contributed by atoms with Crippen LogP contribution in [0.15, 0.2) is 18.2 Å². The summed E-state index contributed by atoms with van der Waals surface area (Å²) >= 11 is 0. The Morgan fingerprint density at radius 2 is 2.00 bits per heavy atom. The highest BCUT2D eigenvalue weighted by molar-refractivity contribution is 5.62. The van der Waals surface area contributed by atoms with Crippen molar-refractivity contribution in [3.63, 3.8) is 0 Å². The van der Waals surface area contributed by atoms with Gasteiger partial charge in [0.05, 0.1) is 19.9 Å². The molecule has 0 atom stereocenters. The highest BCUT2D eigenvalue weighted by atomic mass is 16.5. The van der Waals surface area contributed by atoms with Crippen LogP contribution in [0.5, 0.6) is 11.5 Å². The maximum atomic E-state index is 5.75. The summed E-state index contributed by atoms with van der Waals surface area (Å²) in [5.74, 6) is 1.64. The summed E-state index contributed by atoms with van der Waals surface area (Å²) in [6.45, 7) is 1.78. The highest BCUT2D eigenvalue weighted by Gasteiger charge is 2.25. The van der Waals surface area contributed by atoms with E-state index in [4.69, 9.17) is 15.2 Å². The van der Waals surface area contributed by atoms with E-state index in [-0.39, 0.29) is 6.04 Å². The predicted molar refractivity (Wildman–Crippen MR) is 59.7 cm³/mol. The van der Waals surface area contributed by atoms with Crippen LogP contribution in [0.25, 0.3) is 0 Å². The largest absolute Gasteiger partial charge is 0.497 e. The van der Waals surface area contributed by atoms with Crippen LogP contribution < -0.4 is 20.1 Å². The number of nitrogens with zero attached hydrogens (tertiary/aromatic N) is 1. The standard InChI is InChI=1S/C11H16N2O2/c1-14-9-3-4-10(11(5-9)15-2)13-6-8(12)7-13/h3-5,8H,6-7,12H2,1-2H3. The van der Waals surface area contributed by atoms with E-state index in [1.165, 1.54) is 0 Å². The van der Waals surface area contributed by atoms with Crippen LogP contribution in [0.4, 0.5) is 5.69 Å². The van der Waals surface area contributed by atoms with Gasteiger partial charge in [0.25, 0.3) is 0 Å². The van der Waals surface area contributed by atoms with Gasteiger partial charge < -0.3 is 20.1 Å². The molecule has 0 amide bonds. The molecule has 1 fully saturated rings. The molecule has 1 aliphatic heterocycles. The Morgan fingerprint density at radius 3 is 2.53 bits per heavy atom. The number of methoxy groups -OCH3 is 2. The third-order valence-corrected chi connectivity index (χ3v) is 2.64. The minimum Gasteiger partial charge on any atom is -0.497 e. The number of hydrogen-bond donors (Lipinski definition) is 1. The summed E-state index contributed by atoms with van der Waals surface area (Å²) in [5.41, 5.74) is 6.83. The van der Waals surface area contributed by atoms with E-state index >= 15 is 0 Å². The Bertz CT molecular complexity index is 348. The van der Waals surface area contributed by atoms with Crippen LogP contribution in [0.3, 0.4) is 0 Å². The van der Waals surface area contributed by atoms with Crippen molar-refractivity contribution in [2.45, 2.75) is 6.04 Å². The van der Waals surface area contributed by atoms with Crippen molar-refractivity contribution in [3.05, 3.63) is 18.2 Å². The number of rotatable bonds is 3. The average Bonchev–Trinajstić information content (AvgIpc) is 2.24. The quantitative estimate of drug-likeness (QED) is 0.800. The van der Waals surface area contributed by atoms with E-state index in [0.717, 1.165) is 30.3 Å². The van der Waals surface area contributed by atoms with Crippen LogP contribution in [-0.4, -0.2) is 33.4 Å². The van der Waals surface area contributed by atoms with E-state index < -0.39 is 0 Å². The first-order valence-electron chi connectivity index (χ1n) is 4.97. The zero-order chi connectivity index (χ0) is 10.8. The van der Waals surface area contributed by atoms with Gasteiger partial charge in [-0.05, 0) is 12.1 Å². The Balaban J connectivity index is 2.23. The van der Waals surface area contributed by atoms with Gasteiger partial charge in [0.1, 0.15) is 11.5 Å². The summed E-state index contributed by atoms with van der Waals surface area (Å²) in [5, 5.41) is 0. The maximum Gasteiger partial charge on any atom is 0.145 e. The molecule has 2 rings (SSSR count). The molecule has 82 valence electrons. The molecule has 0 bridgehead atoms. The monoisotopic (exact) mass is 208 g/mol. The van der Waals surface area contributed by atoms with Crippen LogP contribution in [-0.2, 0) is 0 Å².